The summed E-state index contributed by atoms with van der Waals surface area (Å²) in [5, 5.41) is 3.40. The zero-order valence-electron chi connectivity index (χ0n) is 18.7. The lowest BCUT2D eigenvalue weighted by Crippen LogP contribution is -2.22. The lowest BCUT2D eigenvalue weighted by molar-refractivity contribution is 0.118. The average Bonchev–Trinajstić information content (AvgIpc) is 3.28. The number of benzene rings is 3. The monoisotopic (exact) mass is 466 g/mol. The van der Waals surface area contributed by atoms with Crippen molar-refractivity contribution in [1.29, 1.82) is 0 Å². The molecule has 4 rings (SSSR count). The minimum atomic E-state index is 0. The van der Waals surface area contributed by atoms with E-state index in [1.165, 1.54) is 5.56 Å². The molecule has 0 aliphatic carbocycles. The molecule has 0 saturated heterocycles. The summed E-state index contributed by atoms with van der Waals surface area (Å²) in [5.41, 5.74) is 5.11. The van der Waals surface area contributed by atoms with Crippen molar-refractivity contribution in [1.82, 2.24) is 10.3 Å². The van der Waals surface area contributed by atoms with Crippen LogP contribution in [0.2, 0.25) is 0 Å². The fraction of sp³-hybridized carbons (Fsp3) is 0.296. The maximum Gasteiger partial charge on any atom is 0.227 e. The highest BCUT2D eigenvalue weighted by Crippen LogP contribution is 2.24. The van der Waals surface area contributed by atoms with Crippen molar-refractivity contribution in [2.45, 2.75) is 19.4 Å². The Labute approximate surface area is 201 Å². The smallest absolute Gasteiger partial charge is 0.227 e. The Morgan fingerprint density at radius 2 is 1.52 bits per heavy atom. The van der Waals surface area contributed by atoms with Crippen LogP contribution in [0, 0.1) is 0 Å². The Kier molecular flexibility index (Phi) is 10.4. The number of nitrogens with zero attached hydrogens (tertiary/aromatic N) is 1. The molecular weight excluding hydrogens is 436 g/mol. The van der Waals surface area contributed by atoms with Gasteiger partial charge in [0.1, 0.15) is 5.52 Å². The van der Waals surface area contributed by atoms with Gasteiger partial charge in [0.15, 0.2) is 5.58 Å². The van der Waals surface area contributed by atoms with Crippen LogP contribution in [-0.2, 0) is 22.5 Å². The highest BCUT2D eigenvalue weighted by atomic mass is 35.5. The van der Waals surface area contributed by atoms with Crippen LogP contribution in [0.25, 0.3) is 22.6 Å². The van der Waals surface area contributed by atoms with Gasteiger partial charge in [0, 0.05) is 18.7 Å². The molecule has 0 fully saturated rings. The van der Waals surface area contributed by atoms with E-state index in [1.807, 2.05) is 42.5 Å². The van der Waals surface area contributed by atoms with Gasteiger partial charge in [-0.3, -0.25) is 0 Å². The normalized spacial score (nSPS) is 10.9. The zero-order chi connectivity index (χ0) is 21.8. The van der Waals surface area contributed by atoms with Crippen LogP contribution in [0.4, 0.5) is 0 Å². The number of rotatable bonds is 13. The largest absolute Gasteiger partial charge is 0.436 e. The molecule has 33 heavy (non-hydrogen) atoms. The number of nitrogens with one attached hydrogen (secondary N) is 1. The van der Waals surface area contributed by atoms with Crippen LogP contribution in [-0.4, -0.2) is 37.9 Å². The molecule has 3 aromatic carbocycles. The number of ether oxygens (including phenoxy) is 2. The SMILES string of the molecule is Cl.c1ccc(CCOCCCNCCOCc2ccc(-c3nc4ccccc4o3)cc2)cc1. The van der Waals surface area contributed by atoms with Gasteiger partial charge in [0.05, 0.1) is 19.8 Å². The summed E-state index contributed by atoms with van der Waals surface area (Å²) >= 11 is 0. The summed E-state index contributed by atoms with van der Waals surface area (Å²) in [4.78, 5) is 4.54. The zero-order valence-corrected chi connectivity index (χ0v) is 19.6. The molecule has 0 saturated carbocycles. The van der Waals surface area contributed by atoms with E-state index in [0.29, 0.717) is 19.1 Å². The van der Waals surface area contributed by atoms with Crippen molar-refractivity contribution in [3.05, 3.63) is 90.0 Å². The van der Waals surface area contributed by atoms with Crippen LogP contribution in [0.5, 0.6) is 0 Å². The fourth-order valence-corrected chi connectivity index (χ4v) is 3.43. The molecule has 0 unspecified atom stereocenters. The first-order valence-corrected chi connectivity index (χ1v) is 11.2. The van der Waals surface area contributed by atoms with Crippen molar-refractivity contribution in [3.63, 3.8) is 0 Å². The second-order valence-electron chi connectivity index (χ2n) is 7.69. The number of halogens is 1. The van der Waals surface area contributed by atoms with Gasteiger partial charge >= 0.3 is 0 Å². The molecule has 174 valence electrons. The standard InChI is InChI=1S/C27H30N2O3.ClH/c1-2-7-22(8-3-1)15-19-30-18-6-16-28-17-20-31-21-23-11-13-24(14-12-23)27-29-25-9-4-5-10-26(25)32-27;/h1-5,7-14,28H,6,15-21H2;1H. The van der Waals surface area contributed by atoms with E-state index in [0.717, 1.165) is 61.4 Å². The van der Waals surface area contributed by atoms with Crippen molar-refractivity contribution < 1.29 is 13.9 Å². The molecule has 1 N–H and O–H groups in total. The minimum absolute atomic E-state index is 0. The van der Waals surface area contributed by atoms with E-state index in [-0.39, 0.29) is 12.4 Å². The molecule has 0 spiro atoms. The van der Waals surface area contributed by atoms with Crippen LogP contribution in [0.3, 0.4) is 0 Å². The molecule has 4 aromatic rings. The van der Waals surface area contributed by atoms with Gasteiger partial charge in [-0.25, -0.2) is 4.98 Å². The Hall–Kier alpha value is -2.70. The maximum absolute atomic E-state index is 5.82. The first-order chi connectivity index (χ1) is 15.9. The molecule has 0 bridgehead atoms. The van der Waals surface area contributed by atoms with Crippen molar-refractivity contribution in [2.75, 3.05) is 32.9 Å². The van der Waals surface area contributed by atoms with Crippen molar-refractivity contribution in [2.24, 2.45) is 0 Å². The van der Waals surface area contributed by atoms with E-state index in [1.54, 1.807) is 0 Å². The molecule has 6 heteroatoms. The summed E-state index contributed by atoms with van der Waals surface area (Å²) in [5.74, 6) is 0.645. The minimum Gasteiger partial charge on any atom is -0.436 e. The third-order valence-electron chi connectivity index (χ3n) is 5.21. The molecule has 0 aliphatic rings. The summed E-state index contributed by atoms with van der Waals surface area (Å²) in [6.07, 6.45) is 1.98. The lowest BCUT2D eigenvalue weighted by atomic mass is 10.1. The third-order valence-corrected chi connectivity index (χ3v) is 5.21. The highest BCUT2D eigenvalue weighted by molar-refractivity contribution is 5.85. The van der Waals surface area contributed by atoms with E-state index >= 15 is 0 Å². The van der Waals surface area contributed by atoms with E-state index in [4.69, 9.17) is 13.9 Å². The number of para-hydroxylation sites is 2. The summed E-state index contributed by atoms with van der Waals surface area (Å²) in [6.45, 7) is 4.62. The fourth-order valence-electron chi connectivity index (χ4n) is 3.43. The topological polar surface area (TPSA) is 56.5 Å². The quantitative estimate of drug-likeness (QED) is 0.257. The molecule has 0 radical (unpaired) electrons. The Morgan fingerprint density at radius 3 is 2.33 bits per heavy atom. The molecule has 1 aromatic heterocycles. The van der Waals surface area contributed by atoms with Gasteiger partial charge in [-0.1, -0.05) is 54.6 Å². The predicted molar refractivity (Wildman–Crippen MR) is 135 cm³/mol. The van der Waals surface area contributed by atoms with Crippen molar-refractivity contribution >= 4 is 23.5 Å². The van der Waals surface area contributed by atoms with Gasteiger partial charge in [0.2, 0.25) is 5.89 Å². The van der Waals surface area contributed by atoms with Gasteiger partial charge in [-0.05, 0) is 54.8 Å². The number of oxazole rings is 1. The van der Waals surface area contributed by atoms with E-state index < -0.39 is 0 Å². The summed E-state index contributed by atoms with van der Waals surface area (Å²) in [6, 6.07) is 26.4. The second-order valence-corrected chi connectivity index (χ2v) is 7.69. The summed E-state index contributed by atoms with van der Waals surface area (Å²) < 4.78 is 17.3. The Morgan fingerprint density at radius 1 is 0.727 bits per heavy atom. The van der Waals surface area contributed by atoms with Crippen LogP contribution >= 0.6 is 12.4 Å². The number of hydrogen-bond donors (Lipinski definition) is 1. The lowest BCUT2D eigenvalue weighted by Gasteiger charge is -2.07. The highest BCUT2D eigenvalue weighted by Gasteiger charge is 2.07. The number of aromatic nitrogens is 1. The van der Waals surface area contributed by atoms with Gasteiger partial charge in [0.25, 0.3) is 0 Å². The summed E-state index contributed by atoms with van der Waals surface area (Å²) in [7, 11) is 0. The predicted octanol–water partition coefficient (Wildman–Crippen LogP) is 5.67. The Balaban J connectivity index is 0.00000306. The molecule has 0 aliphatic heterocycles. The average molecular weight is 467 g/mol. The molecule has 0 amide bonds. The molecule has 1 heterocycles. The van der Waals surface area contributed by atoms with E-state index in [2.05, 4.69) is 46.7 Å². The van der Waals surface area contributed by atoms with Crippen LogP contribution < -0.4 is 5.32 Å². The van der Waals surface area contributed by atoms with E-state index in [9.17, 15) is 0 Å². The van der Waals surface area contributed by atoms with Gasteiger partial charge in [-0.2, -0.15) is 0 Å². The van der Waals surface area contributed by atoms with Gasteiger partial charge in [-0.15, -0.1) is 12.4 Å². The number of hydrogen-bond acceptors (Lipinski definition) is 5. The number of fused-ring (bicyclic) bond motifs is 1. The molecule has 0 atom stereocenters. The van der Waals surface area contributed by atoms with Gasteiger partial charge < -0.3 is 19.2 Å². The van der Waals surface area contributed by atoms with Crippen LogP contribution in [0.15, 0.2) is 83.3 Å². The van der Waals surface area contributed by atoms with Crippen LogP contribution in [0.1, 0.15) is 17.5 Å². The Bertz CT molecular complexity index is 1030. The molecular formula is C27H31ClN2O3. The first kappa shape index (κ1) is 24.9. The second kappa shape index (κ2) is 13.8. The van der Waals surface area contributed by atoms with Crippen molar-refractivity contribution in [3.8, 4) is 11.5 Å². The molecule has 5 nitrogen and oxygen atoms in total. The maximum atomic E-state index is 5.82. The first-order valence-electron chi connectivity index (χ1n) is 11.2. The third kappa shape index (κ3) is 7.98.